The van der Waals surface area contributed by atoms with Crippen LogP contribution in [-0.4, -0.2) is 43.6 Å². The number of aliphatic imine (C=N–C) groups is 1. The molecule has 1 aliphatic rings. The molecule has 2 N–H and O–H groups in total. The van der Waals surface area contributed by atoms with Crippen LogP contribution in [0.5, 0.6) is 0 Å². The van der Waals surface area contributed by atoms with Crippen LogP contribution < -0.4 is 10.6 Å². The van der Waals surface area contributed by atoms with E-state index in [1.165, 1.54) is 18.9 Å². The van der Waals surface area contributed by atoms with Crippen LogP contribution in [0.4, 0.5) is 13.2 Å². The number of alkyl halides is 3. The van der Waals surface area contributed by atoms with Gasteiger partial charge in [-0.25, -0.2) is 0 Å². The average Bonchev–Trinajstić information content (AvgIpc) is 3.38. The molecule has 1 aromatic carbocycles. The molecule has 0 bridgehead atoms. The highest BCUT2D eigenvalue weighted by molar-refractivity contribution is 14.0. The number of halogens is 4. The minimum Gasteiger partial charge on any atom is -0.355 e. The molecule has 25 heavy (non-hydrogen) atoms. The zero-order valence-corrected chi connectivity index (χ0v) is 17.1. The highest BCUT2D eigenvalue weighted by atomic mass is 127. The van der Waals surface area contributed by atoms with E-state index in [1.807, 2.05) is 0 Å². The van der Waals surface area contributed by atoms with Gasteiger partial charge in [-0.15, -0.1) is 24.0 Å². The summed E-state index contributed by atoms with van der Waals surface area (Å²) in [5, 5.41) is 6.28. The number of likely N-dealkylation sites (N-methyl/N-ethyl adjacent to an activating group) is 1. The van der Waals surface area contributed by atoms with E-state index < -0.39 is 11.7 Å². The lowest BCUT2D eigenvalue weighted by Gasteiger charge is -2.25. The molecule has 0 amide bonds. The molecular formula is C17H26F3IN4. The van der Waals surface area contributed by atoms with Gasteiger partial charge in [0.15, 0.2) is 5.96 Å². The monoisotopic (exact) mass is 470 g/mol. The molecule has 1 fully saturated rings. The minimum absolute atomic E-state index is 0. The Hall–Kier alpha value is -1.03. The van der Waals surface area contributed by atoms with Gasteiger partial charge in [0.1, 0.15) is 0 Å². The van der Waals surface area contributed by atoms with Crippen molar-refractivity contribution in [2.75, 3.05) is 20.6 Å². The standard InChI is InChI=1S/C17H25F3N4.HI/c1-12(24(3)15-7-8-15)10-22-16(21-2)23-11-13-5-4-6-14(9-13)17(18,19)20;/h4-6,9,12,15H,7-8,10-11H2,1-3H3,(H2,21,22,23);1H. The first kappa shape index (κ1) is 22.0. The van der Waals surface area contributed by atoms with Crippen molar-refractivity contribution in [1.82, 2.24) is 15.5 Å². The van der Waals surface area contributed by atoms with E-state index in [0.29, 0.717) is 23.6 Å². The number of benzene rings is 1. The molecule has 0 heterocycles. The zero-order chi connectivity index (χ0) is 17.7. The number of rotatable bonds is 6. The quantitative estimate of drug-likeness (QED) is 0.380. The normalized spacial score (nSPS) is 16.4. The molecule has 4 nitrogen and oxygen atoms in total. The van der Waals surface area contributed by atoms with Gasteiger partial charge in [-0.1, -0.05) is 12.1 Å². The third kappa shape index (κ3) is 7.01. The van der Waals surface area contributed by atoms with Crippen molar-refractivity contribution in [3.8, 4) is 0 Å². The van der Waals surface area contributed by atoms with Crippen LogP contribution >= 0.6 is 24.0 Å². The van der Waals surface area contributed by atoms with Gasteiger partial charge in [0.25, 0.3) is 0 Å². The summed E-state index contributed by atoms with van der Waals surface area (Å²) >= 11 is 0. The lowest BCUT2D eigenvalue weighted by molar-refractivity contribution is -0.137. The Labute approximate surface area is 164 Å². The van der Waals surface area contributed by atoms with Crippen molar-refractivity contribution >= 4 is 29.9 Å². The van der Waals surface area contributed by atoms with Crippen molar-refractivity contribution < 1.29 is 13.2 Å². The lowest BCUT2D eigenvalue weighted by atomic mass is 10.1. The predicted molar refractivity (Wildman–Crippen MR) is 105 cm³/mol. The smallest absolute Gasteiger partial charge is 0.355 e. The van der Waals surface area contributed by atoms with E-state index in [-0.39, 0.29) is 30.5 Å². The Kier molecular flexibility index (Phi) is 8.46. The van der Waals surface area contributed by atoms with Crippen LogP contribution in [0.3, 0.4) is 0 Å². The summed E-state index contributed by atoms with van der Waals surface area (Å²) < 4.78 is 38.2. The fourth-order valence-corrected chi connectivity index (χ4v) is 2.49. The number of nitrogens with zero attached hydrogens (tertiary/aromatic N) is 2. The number of nitrogens with one attached hydrogen (secondary N) is 2. The van der Waals surface area contributed by atoms with E-state index in [1.54, 1.807) is 13.1 Å². The second-order valence-electron chi connectivity index (χ2n) is 6.25. The van der Waals surface area contributed by atoms with Crippen molar-refractivity contribution in [1.29, 1.82) is 0 Å². The summed E-state index contributed by atoms with van der Waals surface area (Å²) in [6.07, 6.45) is -1.81. The number of hydrogen-bond acceptors (Lipinski definition) is 2. The van der Waals surface area contributed by atoms with E-state index in [9.17, 15) is 13.2 Å². The Morgan fingerprint density at radius 3 is 2.56 bits per heavy atom. The van der Waals surface area contributed by atoms with Gasteiger partial charge < -0.3 is 10.6 Å². The molecule has 1 atom stereocenters. The first-order valence-electron chi connectivity index (χ1n) is 8.14. The van der Waals surface area contributed by atoms with Crippen molar-refractivity contribution in [2.24, 2.45) is 4.99 Å². The third-order valence-electron chi connectivity index (χ3n) is 4.32. The largest absolute Gasteiger partial charge is 0.416 e. The molecule has 1 aliphatic carbocycles. The van der Waals surface area contributed by atoms with Crippen molar-refractivity contribution in [3.63, 3.8) is 0 Å². The van der Waals surface area contributed by atoms with Gasteiger partial charge in [0.05, 0.1) is 5.56 Å². The van der Waals surface area contributed by atoms with Gasteiger partial charge in [-0.05, 0) is 44.5 Å². The van der Waals surface area contributed by atoms with Crippen molar-refractivity contribution in [3.05, 3.63) is 35.4 Å². The average molecular weight is 470 g/mol. The maximum absolute atomic E-state index is 12.7. The van der Waals surface area contributed by atoms with Gasteiger partial charge in [0, 0.05) is 32.2 Å². The second-order valence-corrected chi connectivity index (χ2v) is 6.25. The van der Waals surface area contributed by atoms with Crippen LogP contribution in [0, 0.1) is 0 Å². The SMILES string of the molecule is CN=C(NCc1cccc(C(F)(F)F)c1)NCC(C)N(C)C1CC1.I. The Morgan fingerprint density at radius 2 is 2.00 bits per heavy atom. The van der Waals surface area contributed by atoms with Gasteiger partial charge in [-0.3, -0.25) is 9.89 Å². The lowest BCUT2D eigenvalue weighted by Crippen LogP contribution is -2.45. The molecule has 0 radical (unpaired) electrons. The molecule has 142 valence electrons. The third-order valence-corrected chi connectivity index (χ3v) is 4.32. The maximum atomic E-state index is 12.7. The van der Waals surface area contributed by atoms with Gasteiger partial charge >= 0.3 is 6.18 Å². The highest BCUT2D eigenvalue weighted by Crippen LogP contribution is 2.29. The predicted octanol–water partition coefficient (Wildman–Crippen LogP) is 3.47. The molecule has 0 spiro atoms. The summed E-state index contributed by atoms with van der Waals surface area (Å²) in [6.45, 7) is 3.16. The van der Waals surface area contributed by atoms with Crippen LogP contribution in [-0.2, 0) is 12.7 Å². The Morgan fingerprint density at radius 1 is 1.32 bits per heavy atom. The van der Waals surface area contributed by atoms with Crippen LogP contribution in [0.25, 0.3) is 0 Å². The maximum Gasteiger partial charge on any atom is 0.416 e. The summed E-state index contributed by atoms with van der Waals surface area (Å²) in [5.41, 5.74) is -0.0691. The van der Waals surface area contributed by atoms with E-state index in [4.69, 9.17) is 0 Å². The molecule has 2 rings (SSSR count). The topological polar surface area (TPSA) is 39.7 Å². The molecule has 1 unspecified atom stereocenters. The van der Waals surface area contributed by atoms with E-state index in [2.05, 4.69) is 34.5 Å². The van der Waals surface area contributed by atoms with E-state index >= 15 is 0 Å². The summed E-state index contributed by atoms with van der Waals surface area (Å²) in [7, 11) is 3.76. The van der Waals surface area contributed by atoms with E-state index in [0.717, 1.165) is 18.7 Å². The fourth-order valence-electron chi connectivity index (χ4n) is 2.49. The first-order chi connectivity index (χ1) is 11.3. The van der Waals surface area contributed by atoms with Gasteiger partial charge in [-0.2, -0.15) is 13.2 Å². The van der Waals surface area contributed by atoms with Crippen LogP contribution in [0.2, 0.25) is 0 Å². The van der Waals surface area contributed by atoms with Crippen LogP contribution in [0.1, 0.15) is 30.9 Å². The molecule has 8 heteroatoms. The summed E-state index contributed by atoms with van der Waals surface area (Å²) in [4.78, 5) is 6.46. The Balaban J connectivity index is 0.00000312. The number of guanidine groups is 1. The minimum atomic E-state index is -4.32. The molecular weight excluding hydrogens is 444 g/mol. The van der Waals surface area contributed by atoms with Gasteiger partial charge in [0.2, 0.25) is 0 Å². The molecule has 0 aliphatic heterocycles. The van der Waals surface area contributed by atoms with Crippen LogP contribution in [0.15, 0.2) is 29.3 Å². The molecule has 0 saturated heterocycles. The summed E-state index contributed by atoms with van der Waals surface area (Å²) in [5.74, 6) is 0.587. The second kappa shape index (κ2) is 9.61. The number of hydrogen-bond donors (Lipinski definition) is 2. The molecule has 1 aromatic rings. The van der Waals surface area contributed by atoms with Crippen molar-refractivity contribution in [2.45, 2.75) is 44.6 Å². The highest BCUT2D eigenvalue weighted by Gasteiger charge is 2.30. The fraction of sp³-hybridized carbons (Fsp3) is 0.588. The Bertz CT molecular complexity index is 573. The molecule has 1 saturated carbocycles. The zero-order valence-electron chi connectivity index (χ0n) is 14.7. The summed E-state index contributed by atoms with van der Waals surface area (Å²) in [6, 6.07) is 6.36. The first-order valence-corrected chi connectivity index (χ1v) is 8.14. The molecule has 0 aromatic heterocycles.